The van der Waals surface area contributed by atoms with Crippen molar-refractivity contribution < 1.29 is 14.7 Å². The highest BCUT2D eigenvalue weighted by molar-refractivity contribution is 5.82. The molecular weight excluding hydrogens is 188 g/mol. The normalized spacial score (nSPS) is 12.1. The van der Waals surface area contributed by atoms with Gasteiger partial charge in [-0.05, 0) is 6.92 Å². The van der Waals surface area contributed by atoms with Gasteiger partial charge < -0.3 is 10.4 Å². The third-order valence-corrected chi connectivity index (χ3v) is 1.52. The van der Waals surface area contributed by atoms with E-state index in [2.05, 4.69) is 15.4 Å². The topological polar surface area (TPSA) is 97.1 Å². The Balaban J connectivity index is 2.40. The molecule has 0 radical (unpaired) electrons. The lowest BCUT2D eigenvalue weighted by Crippen LogP contribution is -2.40. The van der Waals surface area contributed by atoms with E-state index in [1.54, 1.807) is 0 Å². The fourth-order valence-corrected chi connectivity index (χ4v) is 0.810. The van der Waals surface area contributed by atoms with Crippen LogP contribution in [0.15, 0.2) is 12.7 Å². The van der Waals surface area contributed by atoms with Gasteiger partial charge in [0.05, 0.1) is 0 Å². The van der Waals surface area contributed by atoms with Gasteiger partial charge in [0.1, 0.15) is 25.2 Å². The first-order valence-corrected chi connectivity index (χ1v) is 3.94. The van der Waals surface area contributed by atoms with Gasteiger partial charge in [0, 0.05) is 0 Å². The zero-order valence-electron chi connectivity index (χ0n) is 7.54. The molecule has 1 aromatic rings. The highest BCUT2D eigenvalue weighted by Gasteiger charge is 2.13. The van der Waals surface area contributed by atoms with Crippen LogP contribution in [0.4, 0.5) is 0 Å². The van der Waals surface area contributed by atoms with Crippen LogP contribution in [0.1, 0.15) is 6.92 Å². The average molecular weight is 198 g/mol. The fraction of sp³-hybridized carbons (Fsp3) is 0.429. The predicted molar refractivity (Wildman–Crippen MR) is 45.3 cm³/mol. The lowest BCUT2D eigenvalue weighted by atomic mass is 10.3. The van der Waals surface area contributed by atoms with Gasteiger partial charge in [-0.3, -0.25) is 9.59 Å². The zero-order valence-corrected chi connectivity index (χ0v) is 7.54. The SMILES string of the molecule is CC(NC(=O)Cn1cncn1)C(=O)O. The summed E-state index contributed by atoms with van der Waals surface area (Å²) in [5.41, 5.74) is 0. The second kappa shape index (κ2) is 4.35. The van der Waals surface area contributed by atoms with Crippen LogP contribution >= 0.6 is 0 Å². The second-order valence-electron chi connectivity index (χ2n) is 2.72. The number of aromatic nitrogens is 3. The first-order chi connectivity index (χ1) is 6.59. The van der Waals surface area contributed by atoms with E-state index in [9.17, 15) is 9.59 Å². The Bertz CT molecular complexity index is 322. The molecule has 1 unspecified atom stereocenters. The van der Waals surface area contributed by atoms with E-state index in [1.807, 2.05) is 0 Å². The molecule has 0 saturated carbocycles. The molecule has 0 spiro atoms. The minimum atomic E-state index is -1.07. The Morgan fingerprint density at radius 3 is 2.86 bits per heavy atom. The van der Waals surface area contributed by atoms with Crippen molar-refractivity contribution in [2.45, 2.75) is 19.5 Å². The van der Waals surface area contributed by atoms with E-state index < -0.39 is 17.9 Å². The van der Waals surface area contributed by atoms with E-state index in [0.29, 0.717) is 0 Å². The number of carbonyl (C=O) groups excluding carboxylic acids is 1. The largest absolute Gasteiger partial charge is 0.480 e. The number of rotatable bonds is 4. The maximum Gasteiger partial charge on any atom is 0.325 e. The maximum absolute atomic E-state index is 11.2. The first-order valence-electron chi connectivity index (χ1n) is 3.94. The minimum Gasteiger partial charge on any atom is -0.480 e. The van der Waals surface area contributed by atoms with Gasteiger partial charge in [0.15, 0.2) is 0 Å². The molecule has 1 heterocycles. The Labute approximate surface area is 79.8 Å². The molecule has 7 heteroatoms. The van der Waals surface area contributed by atoms with Crippen molar-refractivity contribution in [3.63, 3.8) is 0 Å². The van der Waals surface area contributed by atoms with Crippen molar-refractivity contribution in [3.8, 4) is 0 Å². The average Bonchev–Trinajstić information content (AvgIpc) is 2.56. The van der Waals surface area contributed by atoms with Gasteiger partial charge in [-0.1, -0.05) is 0 Å². The molecule has 1 aromatic heterocycles. The molecule has 0 aromatic carbocycles. The Morgan fingerprint density at radius 1 is 1.64 bits per heavy atom. The quantitative estimate of drug-likeness (QED) is 0.637. The van der Waals surface area contributed by atoms with E-state index in [-0.39, 0.29) is 6.54 Å². The number of nitrogens with zero attached hydrogens (tertiary/aromatic N) is 3. The highest BCUT2D eigenvalue weighted by atomic mass is 16.4. The van der Waals surface area contributed by atoms with E-state index in [4.69, 9.17) is 5.11 Å². The number of carboxylic acid groups (broad SMARTS) is 1. The molecule has 0 fully saturated rings. The van der Waals surface area contributed by atoms with Crippen molar-refractivity contribution >= 4 is 11.9 Å². The second-order valence-corrected chi connectivity index (χ2v) is 2.72. The van der Waals surface area contributed by atoms with Gasteiger partial charge in [0.2, 0.25) is 5.91 Å². The number of nitrogens with one attached hydrogen (secondary N) is 1. The molecular formula is C7H10N4O3. The molecule has 1 amide bonds. The molecule has 0 aliphatic carbocycles. The molecule has 0 aliphatic heterocycles. The van der Waals surface area contributed by atoms with Crippen LogP contribution in [0.5, 0.6) is 0 Å². The van der Waals surface area contributed by atoms with Crippen LogP contribution in [0.25, 0.3) is 0 Å². The van der Waals surface area contributed by atoms with Crippen LogP contribution in [0.2, 0.25) is 0 Å². The number of carboxylic acids is 1. The van der Waals surface area contributed by atoms with Gasteiger partial charge in [-0.25, -0.2) is 9.67 Å². The molecule has 76 valence electrons. The molecule has 0 saturated heterocycles. The number of hydrogen-bond acceptors (Lipinski definition) is 4. The zero-order chi connectivity index (χ0) is 10.6. The number of carbonyl (C=O) groups is 2. The number of amides is 1. The molecule has 2 N–H and O–H groups in total. The van der Waals surface area contributed by atoms with Crippen molar-refractivity contribution in [2.24, 2.45) is 0 Å². The monoisotopic (exact) mass is 198 g/mol. The summed E-state index contributed by atoms with van der Waals surface area (Å²) >= 11 is 0. The van der Waals surface area contributed by atoms with E-state index >= 15 is 0 Å². The minimum absolute atomic E-state index is 0.0301. The van der Waals surface area contributed by atoms with Crippen molar-refractivity contribution in [2.75, 3.05) is 0 Å². The molecule has 0 aliphatic rings. The van der Waals surface area contributed by atoms with Crippen LogP contribution < -0.4 is 5.32 Å². The summed E-state index contributed by atoms with van der Waals surface area (Å²) in [7, 11) is 0. The van der Waals surface area contributed by atoms with Gasteiger partial charge >= 0.3 is 5.97 Å². The summed E-state index contributed by atoms with van der Waals surface area (Å²) in [6.45, 7) is 1.36. The summed E-state index contributed by atoms with van der Waals surface area (Å²) in [5.74, 6) is -1.48. The Morgan fingerprint density at radius 2 is 2.36 bits per heavy atom. The maximum atomic E-state index is 11.2. The Hall–Kier alpha value is -1.92. The lowest BCUT2D eigenvalue weighted by Gasteiger charge is -2.08. The van der Waals surface area contributed by atoms with Gasteiger partial charge in [0.25, 0.3) is 0 Å². The fourth-order valence-electron chi connectivity index (χ4n) is 0.810. The number of hydrogen-bond donors (Lipinski definition) is 2. The summed E-state index contributed by atoms with van der Waals surface area (Å²) in [6, 6.07) is -0.897. The Kier molecular flexibility index (Phi) is 3.16. The van der Waals surface area contributed by atoms with Gasteiger partial charge in [-0.2, -0.15) is 5.10 Å². The van der Waals surface area contributed by atoms with Crippen LogP contribution in [0, 0.1) is 0 Å². The summed E-state index contributed by atoms with van der Waals surface area (Å²) < 4.78 is 1.31. The summed E-state index contributed by atoms with van der Waals surface area (Å²) in [5, 5.41) is 14.5. The lowest BCUT2D eigenvalue weighted by molar-refractivity contribution is -0.141. The van der Waals surface area contributed by atoms with E-state index in [1.165, 1.54) is 24.3 Å². The molecule has 0 bridgehead atoms. The summed E-state index contributed by atoms with van der Waals surface area (Å²) in [4.78, 5) is 25.2. The molecule has 7 nitrogen and oxygen atoms in total. The molecule has 1 atom stereocenters. The molecule has 1 rings (SSSR count). The van der Waals surface area contributed by atoms with E-state index in [0.717, 1.165) is 0 Å². The standard InChI is InChI=1S/C7H10N4O3/c1-5(7(13)14)10-6(12)2-11-4-8-3-9-11/h3-5H,2H2,1H3,(H,10,12)(H,13,14). The van der Waals surface area contributed by atoms with Crippen molar-refractivity contribution in [3.05, 3.63) is 12.7 Å². The summed E-state index contributed by atoms with van der Waals surface area (Å²) in [6.07, 6.45) is 2.68. The predicted octanol–water partition coefficient (Wildman–Crippen LogP) is -1.13. The van der Waals surface area contributed by atoms with Crippen LogP contribution in [-0.2, 0) is 16.1 Å². The van der Waals surface area contributed by atoms with Crippen molar-refractivity contribution in [1.29, 1.82) is 0 Å². The van der Waals surface area contributed by atoms with Crippen molar-refractivity contribution in [1.82, 2.24) is 20.1 Å². The third kappa shape index (κ3) is 2.85. The first kappa shape index (κ1) is 10.2. The highest BCUT2D eigenvalue weighted by Crippen LogP contribution is 1.84. The van der Waals surface area contributed by atoms with Gasteiger partial charge in [-0.15, -0.1) is 0 Å². The van der Waals surface area contributed by atoms with Crippen LogP contribution in [0.3, 0.4) is 0 Å². The third-order valence-electron chi connectivity index (χ3n) is 1.52. The number of aliphatic carboxylic acids is 1. The smallest absolute Gasteiger partial charge is 0.325 e. The van der Waals surface area contributed by atoms with Crippen LogP contribution in [-0.4, -0.2) is 37.8 Å². The molecule has 14 heavy (non-hydrogen) atoms.